The number of benzene rings is 2. The van der Waals surface area contributed by atoms with E-state index in [4.69, 9.17) is 0 Å². The number of nitrogens with one attached hydrogen (secondary N) is 2. The third-order valence-electron chi connectivity index (χ3n) is 3.84. The van der Waals surface area contributed by atoms with Gasteiger partial charge in [0, 0.05) is 16.6 Å². The number of carbonyl (C=O) groups excluding carboxylic acids is 1. The number of thiazole rings is 1. The van der Waals surface area contributed by atoms with Gasteiger partial charge in [0.15, 0.2) is 0 Å². The summed E-state index contributed by atoms with van der Waals surface area (Å²) in [6.07, 6.45) is 0.287. The van der Waals surface area contributed by atoms with Crippen LogP contribution in [0.5, 0.6) is 0 Å². The molecule has 4 rings (SSSR count). The summed E-state index contributed by atoms with van der Waals surface area (Å²) in [7, 11) is 0. The summed E-state index contributed by atoms with van der Waals surface area (Å²) >= 11 is 1.55. The highest BCUT2D eigenvalue weighted by Gasteiger charge is 2.08. The largest absolute Gasteiger partial charge is 0.338 e. The van der Waals surface area contributed by atoms with Gasteiger partial charge in [-0.05, 0) is 43.3 Å². The van der Waals surface area contributed by atoms with Gasteiger partial charge in [-0.3, -0.25) is 4.79 Å². The average molecular weight is 348 g/mol. The molecule has 0 fully saturated rings. The SMILES string of the molecule is Cc1nc(CC(=O)Nc2ccc(-c3nc4ccccc4[nH]3)cc2)cs1. The monoisotopic (exact) mass is 348 g/mol. The molecule has 4 aromatic rings. The van der Waals surface area contributed by atoms with Crippen molar-refractivity contribution in [2.24, 2.45) is 0 Å². The first-order valence-corrected chi connectivity index (χ1v) is 8.81. The lowest BCUT2D eigenvalue weighted by molar-refractivity contribution is -0.115. The fraction of sp³-hybridized carbons (Fsp3) is 0.105. The molecule has 124 valence electrons. The number of para-hydroxylation sites is 2. The van der Waals surface area contributed by atoms with Crippen molar-refractivity contribution in [3.63, 3.8) is 0 Å². The number of hydrogen-bond acceptors (Lipinski definition) is 4. The first kappa shape index (κ1) is 15.5. The molecular formula is C19H16N4OS. The molecule has 2 aromatic heterocycles. The van der Waals surface area contributed by atoms with Crippen LogP contribution in [0.2, 0.25) is 0 Å². The van der Waals surface area contributed by atoms with Crippen LogP contribution in [-0.2, 0) is 11.2 Å². The van der Waals surface area contributed by atoms with Crippen LogP contribution < -0.4 is 5.32 Å². The van der Waals surface area contributed by atoms with Crippen molar-refractivity contribution in [2.45, 2.75) is 13.3 Å². The molecule has 0 aliphatic heterocycles. The topological polar surface area (TPSA) is 70.7 Å². The van der Waals surface area contributed by atoms with Crippen LogP contribution in [-0.4, -0.2) is 20.9 Å². The predicted molar refractivity (Wildman–Crippen MR) is 101 cm³/mol. The summed E-state index contributed by atoms with van der Waals surface area (Å²) in [6.45, 7) is 1.93. The Morgan fingerprint density at radius 3 is 2.64 bits per heavy atom. The fourth-order valence-corrected chi connectivity index (χ4v) is 3.27. The number of anilines is 1. The van der Waals surface area contributed by atoms with Crippen LogP contribution in [0.15, 0.2) is 53.9 Å². The van der Waals surface area contributed by atoms with Gasteiger partial charge < -0.3 is 10.3 Å². The van der Waals surface area contributed by atoms with Gasteiger partial charge in [0.1, 0.15) is 5.82 Å². The maximum atomic E-state index is 12.1. The second kappa shape index (κ2) is 6.49. The second-order valence-electron chi connectivity index (χ2n) is 5.76. The summed E-state index contributed by atoms with van der Waals surface area (Å²) < 4.78 is 0. The number of H-pyrrole nitrogens is 1. The quantitative estimate of drug-likeness (QED) is 0.581. The second-order valence-corrected chi connectivity index (χ2v) is 6.82. The van der Waals surface area contributed by atoms with E-state index in [-0.39, 0.29) is 12.3 Å². The van der Waals surface area contributed by atoms with E-state index in [1.807, 2.05) is 60.8 Å². The fourth-order valence-electron chi connectivity index (χ4n) is 2.66. The highest BCUT2D eigenvalue weighted by atomic mass is 32.1. The van der Waals surface area contributed by atoms with Crippen LogP contribution in [0.4, 0.5) is 5.69 Å². The highest BCUT2D eigenvalue weighted by Crippen LogP contribution is 2.22. The molecule has 0 atom stereocenters. The Balaban J connectivity index is 1.47. The van der Waals surface area contributed by atoms with Crippen molar-refractivity contribution in [3.8, 4) is 11.4 Å². The molecule has 1 amide bonds. The Kier molecular flexibility index (Phi) is 4.03. The van der Waals surface area contributed by atoms with Gasteiger partial charge in [-0.25, -0.2) is 9.97 Å². The zero-order chi connectivity index (χ0) is 17.2. The number of rotatable bonds is 4. The first-order valence-electron chi connectivity index (χ1n) is 7.93. The van der Waals surface area contributed by atoms with E-state index < -0.39 is 0 Å². The molecular weight excluding hydrogens is 332 g/mol. The molecule has 0 aliphatic rings. The number of aryl methyl sites for hydroxylation is 1. The van der Waals surface area contributed by atoms with E-state index in [0.29, 0.717) is 0 Å². The van der Waals surface area contributed by atoms with Crippen LogP contribution in [0.3, 0.4) is 0 Å². The number of nitrogens with zero attached hydrogens (tertiary/aromatic N) is 2. The van der Waals surface area contributed by atoms with Gasteiger partial charge in [0.2, 0.25) is 5.91 Å². The van der Waals surface area contributed by atoms with Crippen LogP contribution in [0.25, 0.3) is 22.4 Å². The van der Waals surface area contributed by atoms with Crippen LogP contribution >= 0.6 is 11.3 Å². The normalized spacial score (nSPS) is 10.9. The third kappa shape index (κ3) is 3.44. The maximum absolute atomic E-state index is 12.1. The van der Waals surface area contributed by atoms with Crippen molar-refractivity contribution in [3.05, 3.63) is 64.6 Å². The van der Waals surface area contributed by atoms with Gasteiger partial charge in [-0.15, -0.1) is 11.3 Å². The Morgan fingerprint density at radius 2 is 1.92 bits per heavy atom. The molecule has 25 heavy (non-hydrogen) atoms. The van der Waals surface area contributed by atoms with E-state index in [1.54, 1.807) is 11.3 Å². The molecule has 2 aromatic carbocycles. The van der Waals surface area contributed by atoms with Gasteiger partial charge in [-0.1, -0.05) is 12.1 Å². The number of hydrogen-bond donors (Lipinski definition) is 2. The minimum atomic E-state index is -0.0678. The Labute approximate surface area is 148 Å². The molecule has 2 heterocycles. The van der Waals surface area contributed by atoms with E-state index in [0.717, 1.165) is 38.8 Å². The number of amides is 1. The van der Waals surface area contributed by atoms with Crippen molar-refractivity contribution in [1.82, 2.24) is 15.0 Å². The molecule has 0 bridgehead atoms. The highest BCUT2D eigenvalue weighted by molar-refractivity contribution is 7.09. The average Bonchev–Trinajstić information content (AvgIpc) is 3.21. The lowest BCUT2D eigenvalue weighted by Crippen LogP contribution is -2.14. The van der Waals surface area contributed by atoms with Gasteiger partial charge >= 0.3 is 0 Å². The predicted octanol–water partition coefficient (Wildman–Crippen LogP) is 4.18. The van der Waals surface area contributed by atoms with Crippen molar-refractivity contribution in [1.29, 1.82) is 0 Å². The van der Waals surface area contributed by atoms with Crippen molar-refractivity contribution < 1.29 is 4.79 Å². The lowest BCUT2D eigenvalue weighted by atomic mass is 10.2. The summed E-state index contributed by atoms with van der Waals surface area (Å²) in [4.78, 5) is 24.3. The summed E-state index contributed by atoms with van der Waals surface area (Å²) in [5, 5.41) is 5.79. The van der Waals surface area contributed by atoms with Crippen LogP contribution in [0, 0.1) is 6.92 Å². The molecule has 0 aliphatic carbocycles. The van der Waals surface area contributed by atoms with Crippen molar-refractivity contribution in [2.75, 3.05) is 5.32 Å². The molecule has 2 N–H and O–H groups in total. The summed E-state index contributed by atoms with van der Waals surface area (Å²) in [5.41, 5.74) is 4.49. The maximum Gasteiger partial charge on any atom is 0.230 e. The molecule has 0 spiro atoms. The van der Waals surface area contributed by atoms with Gasteiger partial charge in [0.05, 0.1) is 28.2 Å². The van der Waals surface area contributed by atoms with E-state index in [2.05, 4.69) is 20.3 Å². The Morgan fingerprint density at radius 1 is 1.12 bits per heavy atom. The Hall–Kier alpha value is -2.99. The van der Waals surface area contributed by atoms with E-state index in [9.17, 15) is 4.79 Å². The number of fused-ring (bicyclic) bond motifs is 1. The molecule has 0 radical (unpaired) electrons. The zero-order valence-electron chi connectivity index (χ0n) is 13.6. The molecule has 0 saturated heterocycles. The van der Waals surface area contributed by atoms with Gasteiger partial charge in [-0.2, -0.15) is 0 Å². The number of aromatic nitrogens is 3. The number of carbonyl (C=O) groups is 1. The number of imidazole rings is 1. The summed E-state index contributed by atoms with van der Waals surface area (Å²) in [5.74, 6) is 0.749. The molecule has 6 heteroatoms. The third-order valence-corrected chi connectivity index (χ3v) is 4.66. The minimum Gasteiger partial charge on any atom is -0.338 e. The van der Waals surface area contributed by atoms with Crippen LogP contribution in [0.1, 0.15) is 10.7 Å². The van der Waals surface area contributed by atoms with E-state index >= 15 is 0 Å². The summed E-state index contributed by atoms with van der Waals surface area (Å²) in [6, 6.07) is 15.6. The van der Waals surface area contributed by atoms with Crippen molar-refractivity contribution >= 4 is 34.0 Å². The first-order chi connectivity index (χ1) is 12.2. The molecule has 0 saturated carbocycles. The minimum absolute atomic E-state index is 0.0678. The molecule has 5 nitrogen and oxygen atoms in total. The smallest absolute Gasteiger partial charge is 0.230 e. The lowest BCUT2D eigenvalue weighted by Gasteiger charge is -2.05. The standard InChI is InChI=1S/C19H16N4OS/c1-12-20-15(11-25-12)10-18(24)21-14-8-6-13(7-9-14)19-22-16-4-2-3-5-17(16)23-19/h2-9,11H,10H2,1H3,(H,21,24)(H,22,23). The Bertz CT molecular complexity index is 1000. The zero-order valence-corrected chi connectivity index (χ0v) is 14.4. The molecule has 0 unspecified atom stereocenters. The number of aromatic amines is 1. The van der Waals surface area contributed by atoms with E-state index in [1.165, 1.54) is 0 Å². The van der Waals surface area contributed by atoms with Gasteiger partial charge in [0.25, 0.3) is 0 Å².